The highest BCUT2D eigenvalue weighted by atomic mass is 16.5. The van der Waals surface area contributed by atoms with Crippen molar-refractivity contribution in [2.45, 2.75) is 39.5 Å². The number of hydrogen-bond acceptors (Lipinski definition) is 10. The number of nitrogen functional groups attached to an aromatic ring is 1. The number of aryl methyl sites for hydroxylation is 1. The van der Waals surface area contributed by atoms with E-state index < -0.39 is 0 Å². The first-order chi connectivity index (χ1) is 21.7. The zero-order valence-corrected chi connectivity index (χ0v) is 26.0. The second-order valence-corrected chi connectivity index (χ2v) is 12.2. The number of hydrogen-bond donors (Lipinski definition) is 2. The predicted molar refractivity (Wildman–Crippen MR) is 172 cm³/mol. The molecule has 234 valence electrons. The highest BCUT2D eigenvalue weighted by molar-refractivity contribution is 5.99. The fourth-order valence-electron chi connectivity index (χ4n) is 5.21. The number of amides is 1. The van der Waals surface area contributed by atoms with E-state index >= 15 is 0 Å². The molecule has 45 heavy (non-hydrogen) atoms. The van der Waals surface area contributed by atoms with E-state index in [9.17, 15) is 4.79 Å². The fourth-order valence-corrected chi connectivity index (χ4v) is 5.21. The molecule has 1 aliphatic heterocycles. The molecule has 0 aliphatic carbocycles. The SMILES string of the molecule is Cc1cc(-n2nc(-c3ccc(OCCN4CCOCC4)cc3)c3c(N)ncnc32)ccc1NC(=O)Cc1cc(C(C)(C)C)on1. The molecule has 0 radical (unpaired) electrons. The molecule has 0 saturated carbocycles. The first kappa shape index (κ1) is 30.2. The summed E-state index contributed by atoms with van der Waals surface area (Å²) in [6.07, 6.45) is 1.54. The molecule has 4 heterocycles. The van der Waals surface area contributed by atoms with Gasteiger partial charge in [-0.25, -0.2) is 14.6 Å². The van der Waals surface area contributed by atoms with E-state index in [1.807, 2.05) is 76.2 Å². The minimum absolute atomic E-state index is 0.113. The minimum atomic E-state index is -0.180. The average molecular weight is 611 g/mol. The summed E-state index contributed by atoms with van der Waals surface area (Å²) in [5, 5.41) is 12.6. The molecule has 1 amide bonds. The maximum Gasteiger partial charge on any atom is 0.230 e. The molecule has 0 atom stereocenters. The Kier molecular flexibility index (Phi) is 8.50. The number of nitrogens with two attached hydrogens (primary N) is 1. The first-order valence-corrected chi connectivity index (χ1v) is 15.1. The van der Waals surface area contributed by atoms with E-state index in [4.69, 9.17) is 24.8 Å². The molecule has 3 aromatic heterocycles. The van der Waals surface area contributed by atoms with Gasteiger partial charge in [-0.05, 0) is 55.0 Å². The van der Waals surface area contributed by atoms with Gasteiger partial charge in [0, 0.05) is 42.4 Å². The third-order valence-corrected chi connectivity index (χ3v) is 7.77. The average Bonchev–Trinajstić information content (AvgIpc) is 3.65. The minimum Gasteiger partial charge on any atom is -0.492 e. The Bertz CT molecular complexity index is 1800. The summed E-state index contributed by atoms with van der Waals surface area (Å²) in [5.41, 5.74) is 11.2. The van der Waals surface area contributed by atoms with Crippen molar-refractivity contribution in [3.05, 3.63) is 71.9 Å². The molecule has 6 rings (SSSR count). The lowest BCUT2D eigenvalue weighted by molar-refractivity contribution is -0.115. The van der Waals surface area contributed by atoms with Crippen LogP contribution in [0.1, 0.15) is 37.8 Å². The number of benzene rings is 2. The summed E-state index contributed by atoms with van der Waals surface area (Å²) in [5.74, 6) is 1.69. The Hall–Kier alpha value is -4.81. The molecular formula is C33H38N8O4. The molecule has 2 aromatic carbocycles. The van der Waals surface area contributed by atoms with Crippen molar-refractivity contribution in [3.63, 3.8) is 0 Å². The highest BCUT2D eigenvalue weighted by Gasteiger charge is 2.22. The molecule has 5 aromatic rings. The Morgan fingerprint density at radius 2 is 1.84 bits per heavy atom. The Morgan fingerprint density at radius 1 is 1.07 bits per heavy atom. The van der Waals surface area contributed by atoms with Crippen molar-refractivity contribution in [2.24, 2.45) is 0 Å². The summed E-state index contributed by atoms with van der Waals surface area (Å²) in [7, 11) is 0. The van der Waals surface area contributed by atoms with Crippen LogP contribution < -0.4 is 15.8 Å². The summed E-state index contributed by atoms with van der Waals surface area (Å²) in [4.78, 5) is 23.9. The van der Waals surface area contributed by atoms with Crippen molar-refractivity contribution in [2.75, 3.05) is 50.5 Å². The number of ether oxygens (including phenoxy) is 2. The topological polar surface area (TPSA) is 146 Å². The summed E-state index contributed by atoms with van der Waals surface area (Å²) in [6.45, 7) is 12.9. The largest absolute Gasteiger partial charge is 0.492 e. The van der Waals surface area contributed by atoms with Gasteiger partial charge < -0.3 is 25.0 Å². The van der Waals surface area contributed by atoms with Crippen molar-refractivity contribution < 1.29 is 18.8 Å². The molecular weight excluding hydrogens is 572 g/mol. The summed E-state index contributed by atoms with van der Waals surface area (Å²) in [6, 6.07) is 15.3. The maximum atomic E-state index is 12.8. The van der Waals surface area contributed by atoms with Crippen molar-refractivity contribution in [3.8, 4) is 22.7 Å². The number of nitrogens with zero attached hydrogens (tertiary/aromatic N) is 6. The van der Waals surface area contributed by atoms with E-state index in [1.165, 1.54) is 6.33 Å². The second-order valence-electron chi connectivity index (χ2n) is 12.2. The molecule has 12 heteroatoms. The quantitative estimate of drug-likeness (QED) is 0.244. The van der Waals surface area contributed by atoms with E-state index in [0.717, 1.165) is 61.2 Å². The first-order valence-electron chi connectivity index (χ1n) is 15.1. The van der Waals surface area contributed by atoms with Gasteiger partial charge in [0.15, 0.2) is 5.65 Å². The standard InChI is InChI=1S/C33H38N8O4/c1-21-17-24(7-10-26(21)37-28(42)19-23-18-27(45-39-23)33(2,3)4)41-32-29(31(34)35-20-36-32)30(38-41)22-5-8-25(9-6-22)44-16-13-40-11-14-43-15-12-40/h5-10,17-18,20H,11-16,19H2,1-4H3,(H,37,42)(H2,34,35,36). The lowest BCUT2D eigenvalue weighted by Gasteiger charge is -2.26. The Morgan fingerprint density at radius 3 is 2.56 bits per heavy atom. The Balaban J connectivity index is 1.19. The van der Waals surface area contributed by atoms with Gasteiger partial charge in [-0.3, -0.25) is 9.69 Å². The van der Waals surface area contributed by atoms with Gasteiger partial charge >= 0.3 is 0 Å². The monoisotopic (exact) mass is 610 g/mol. The van der Waals surface area contributed by atoms with Crippen LogP contribution in [0.5, 0.6) is 5.75 Å². The molecule has 0 spiro atoms. The van der Waals surface area contributed by atoms with Crippen LogP contribution in [-0.4, -0.2) is 75.2 Å². The number of aromatic nitrogens is 5. The van der Waals surface area contributed by atoms with Crippen molar-refractivity contribution in [1.29, 1.82) is 0 Å². The van der Waals surface area contributed by atoms with Crippen LogP contribution in [-0.2, 0) is 21.4 Å². The third kappa shape index (κ3) is 6.81. The van der Waals surface area contributed by atoms with Gasteiger partial charge in [0.05, 0.1) is 36.4 Å². The molecule has 1 saturated heterocycles. The fraction of sp³-hybridized carbons (Fsp3) is 0.364. The third-order valence-electron chi connectivity index (χ3n) is 7.77. The zero-order valence-electron chi connectivity index (χ0n) is 26.0. The van der Waals surface area contributed by atoms with Crippen molar-refractivity contribution in [1.82, 2.24) is 29.8 Å². The number of carbonyl (C=O) groups is 1. The number of anilines is 2. The van der Waals surface area contributed by atoms with Gasteiger partial charge in [0.25, 0.3) is 0 Å². The van der Waals surface area contributed by atoms with Crippen LogP contribution in [0.4, 0.5) is 11.5 Å². The molecule has 1 aliphatic rings. The lowest BCUT2D eigenvalue weighted by atomic mass is 9.93. The summed E-state index contributed by atoms with van der Waals surface area (Å²) >= 11 is 0. The van der Waals surface area contributed by atoms with E-state index in [-0.39, 0.29) is 17.7 Å². The maximum absolute atomic E-state index is 12.8. The van der Waals surface area contributed by atoms with E-state index in [0.29, 0.717) is 40.5 Å². The van der Waals surface area contributed by atoms with Gasteiger partial charge in [-0.15, -0.1) is 0 Å². The summed E-state index contributed by atoms with van der Waals surface area (Å²) < 4.78 is 18.6. The highest BCUT2D eigenvalue weighted by Crippen LogP contribution is 2.33. The number of fused-ring (bicyclic) bond motifs is 1. The van der Waals surface area contributed by atoms with Crippen LogP contribution in [0, 0.1) is 6.92 Å². The second kappa shape index (κ2) is 12.7. The van der Waals surface area contributed by atoms with Gasteiger partial charge in [0.1, 0.15) is 36.0 Å². The Labute approximate surface area is 261 Å². The van der Waals surface area contributed by atoms with Gasteiger partial charge in [-0.1, -0.05) is 25.9 Å². The predicted octanol–water partition coefficient (Wildman–Crippen LogP) is 4.55. The van der Waals surface area contributed by atoms with Gasteiger partial charge in [0.2, 0.25) is 5.91 Å². The van der Waals surface area contributed by atoms with Crippen LogP contribution in [0.15, 0.2) is 59.4 Å². The lowest BCUT2D eigenvalue weighted by Crippen LogP contribution is -2.38. The van der Waals surface area contributed by atoms with Crippen LogP contribution in [0.3, 0.4) is 0 Å². The number of morpholine rings is 1. The van der Waals surface area contributed by atoms with Crippen LogP contribution in [0.25, 0.3) is 28.0 Å². The molecule has 0 unspecified atom stereocenters. The number of carbonyl (C=O) groups excluding carboxylic acids is 1. The molecule has 0 bridgehead atoms. The number of nitrogens with one attached hydrogen (secondary N) is 1. The van der Waals surface area contributed by atoms with E-state index in [1.54, 1.807) is 4.68 Å². The molecule has 1 fully saturated rings. The van der Waals surface area contributed by atoms with E-state index in [2.05, 4.69) is 25.3 Å². The van der Waals surface area contributed by atoms with Crippen LogP contribution in [0.2, 0.25) is 0 Å². The van der Waals surface area contributed by atoms with Crippen LogP contribution >= 0.6 is 0 Å². The molecule has 3 N–H and O–H groups in total. The van der Waals surface area contributed by atoms with Crippen molar-refractivity contribution >= 4 is 28.4 Å². The number of rotatable bonds is 9. The smallest absolute Gasteiger partial charge is 0.230 e. The van der Waals surface area contributed by atoms with Gasteiger partial charge in [-0.2, -0.15) is 5.10 Å². The molecule has 12 nitrogen and oxygen atoms in total. The normalized spacial score (nSPS) is 14.1. The zero-order chi connectivity index (χ0) is 31.6.